The highest BCUT2D eigenvalue weighted by molar-refractivity contribution is 7.97. The molecule has 0 aromatic rings. The first-order valence-corrected chi connectivity index (χ1v) is 8.86. The zero-order chi connectivity index (χ0) is 24.5. The van der Waals surface area contributed by atoms with Gasteiger partial charge in [0.15, 0.2) is 0 Å². The number of thiol groups is 4. The maximum absolute atomic E-state index is 9.43. The molecular weight excluding hydrogens is 476 g/mol. The molecule has 0 saturated carbocycles. The molecule has 0 aliphatic heterocycles. The normalized spacial score (nSPS) is 8.97. The minimum atomic E-state index is -1.11. The summed E-state index contributed by atoms with van der Waals surface area (Å²) in [5.41, 5.74) is -1.11. The molecule has 0 rings (SSSR count). The Kier molecular flexibility index (Phi) is 40.6. The minimum Gasteiger partial charge on any atom is -0.396 e. The summed E-state index contributed by atoms with van der Waals surface area (Å²) < 4.78 is 0. The van der Waals surface area contributed by atoms with Gasteiger partial charge in [0, 0.05) is 0 Å². The van der Waals surface area contributed by atoms with Crippen LogP contribution >= 0.6 is 50.5 Å². The molecule has 0 saturated heterocycles. The quantitative estimate of drug-likeness (QED) is 0.141. The summed E-state index contributed by atoms with van der Waals surface area (Å²) in [5.74, 6) is 0. The molecule has 0 aromatic carbocycles. The molecule has 0 unspecified atom stereocenters. The van der Waals surface area contributed by atoms with Crippen LogP contribution in [0.5, 0.6) is 0 Å². The van der Waals surface area contributed by atoms with Gasteiger partial charge >= 0.3 is 0 Å². The molecule has 29 heavy (non-hydrogen) atoms. The van der Waals surface area contributed by atoms with Gasteiger partial charge in [0.2, 0.25) is 20.5 Å². The van der Waals surface area contributed by atoms with Crippen molar-refractivity contribution in [2.24, 2.45) is 5.41 Å². The van der Waals surface area contributed by atoms with E-state index in [0.29, 0.717) is 0 Å². The van der Waals surface area contributed by atoms with Crippen molar-refractivity contribution in [3.63, 3.8) is 0 Å². The first-order chi connectivity index (χ1) is 13.3. The van der Waals surface area contributed by atoms with Crippen LogP contribution in [0.2, 0.25) is 0 Å². The molecule has 0 radical (unpaired) electrons. The van der Waals surface area contributed by atoms with Crippen LogP contribution in [-0.4, -0.2) is 114 Å². The lowest BCUT2D eigenvalue weighted by molar-refractivity contribution is -0.113. The summed E-state index contributed by atoms with van der Waals surface area (Å²) in [5, 5.41) is 62.9. The highest BCUT2D eigenvalue weighted by atomic mass is 32.1. The van der Waals surface area contributed by atoms with Crippen molar-refractivity contribution in [2.75, 3.05) is 52.9 Å². The van der Waals surface area contributed by atoms with E-state index in [1.165, 1.54) is 0 Å². The number of hydrogen-bond donors (Lipinski definition) is 12. The Balaban J connectivity index is -0.0000000853. The molecule has 16 heteroatoms. The van der Waals surface area contributed by atoms with E-state index in [9.17, 15) is 19.2 Å². The third-order valence-electron chi connectivity index (χ3n) is 1.88. The Bertz CT molecular complexity index is 345. The first kappa shape index (κ1) is 39.3. The van der Waals surface area contributed by atoms with Crippen LogP contribution in [0, 0.1) is 5.41 Å². The second kappa shape index (κ2) is 30.0. The lowest BCUT2D eigenvalue weighted by atomic mass is 9.93. The van der Waals surface area contributed by atoms with E-state index in [1.807, 2.05) is 0 Å². The minimum absolute atomic E-state index is 0.406. The van der Waals surface area contributed by atoms with Crippen molar-refractivity contribution in [3.8, 4) is 0 Å². The average molecular weight is 505 g/mol. The number of aliphatic hydroxyl groups is 8. The van der Waals surface area contributed by atoms with Crippen LogP contribution < -0.4 is 0 Å². The Morgan fingerprint density at radius 2 is 0.552 bits per heavy atom. The van der Waals surface area contributed by atoms with Gasteiger partial charge in [-0.1, -0.05) is 0 Å². The van der Waals surface area contributed by atoms with E-state index in [-0.39, 0.29) is 0 Å². The van der Waals surface area contributed by atoms with Crippen molar-refractivity contribution in [1.29, 1.82) is 0 Å². The SMILES string of the molecule is O=C(S)CO.O=C(S)CO.O=C(S)CO.O=C(S)CO.OCC(CO)(CO)CO. The molecule has 176 valence electrons. The van der Waals surface area contributed by atoms with Crippen molar-refractivity contribution < 1.29 is 60.0 Å². The van der Waals surface area contributed by atoms with E-state index in [1.54, 1.807) is 0 Å². The fourth-order valence-corrected chi connectivity index (χ4v) is 0.300. The van der Waals surface area contributed by atoms with Crippen LogP contribution in [-0.2, 0) is 19.2 Å². The molecule has 0 bridgehead atoms. The third-order valence-corrected chi connectivity index (χ3v) is 2.45. The number of hydrogen-bond acceptors (Lipinski definition) is 12. The van der Waals surface area contributed by atoms with Gasteiger partial charge in [-0.15, -0.1) is 50.5 Å². The highest BCUT2D eigenvalue weighted by Crippen LogP contribution is 2.11. The van der Waals surface area contributed by atoms with E-state index >= 15 is 0 Å². The van der Waals surface area contributed by atoms with Crippen molar-refractivity contribution in [3.05, 3.63) is 0 Å². The summed E-state index contributed by atoms with van der Waals surface area (Å²) in [6.07, 6.45) is 0. The van der Waals surface area contributed by atoms with Gasteiger partial charge in [-0.05, 0) is 0 Å². The Morgan fingerprint density at radius 3 is 0.552 bits per heavy atom. The lowest BCUT2D eigenvalue weighted by Gasteiger charge is -2.23. The monoisotopic (exact) mass is 504 g/mol. The summed E-state index contributed by atoms with van der Waals surface area (Å²) in [7, 11) is 0. The summed E-state index contributed by atoms with van der Waals surface area (Å²) in [4.78, 5) is 37.7. The fraction of sp³-hybridized carbons (Fsp3) is 0.692. The Hall–Kier alpha value is -0.240. The fourth-order valence-electron chi connectivity index (χ4n) is 0.300. The number of rotatable bonds is 8. The van der Waals surface area contributed by atoms with Gasteiger partial charge in [-0.3, -0.25) is 19.2 Å². The van der Waals surface area contributed by atoms with Crippen LogP contribution in [0.4, 0.5) is 0 Å². The molecule has 0 spiro atoms. The topological polar surface area (TPSA) is 230 Å². The molecule has 0 atom stereocenters. The van der Waals surface area contributed by atoms with Crippen molar-refractivity contribution >= 4 is 71.0 Å². The van der Waals surface area contributed by atoms with E-state index < -0.39 is 78.7 Å². The van der Waals surface area contributed by atoms with E-state index in [2.05, 4.69) is 50.5 Å². The molecule has 0 amide bonds. The predicted octanol–water partition coefficient (Wildman–Crippen LogP) is -4.32. The van der Waals surface area contributed by atoms with Gasteiger partial charge in [-0.2, -0.15) is 0 Å². The highest BCUT2D eigenvalue weighted by Gasteiger charge is 2.26. The van der Waals surface area contributed by atoms with Crippen LogP contribution in [0.1, 0.15) is 0 Å². The van der Waals surface area contributed by atoms with Crippen LogP contribution in [0.25, 0.3) is 0 Å². The van der Waals surface area contributed by atoms with Crippen LogP contribution in [0.3, 0.4) is 0 Å². The van der Waals surface area contributed by atoms with Gasteiger partial charge in [0.25, 0.3) is 0 Å². The molecule has 0 aliphatic rings. The Morgan fingerprint density at radius 1 is 0.448 bits per heavy atom. The average Bonchev–Trinajstić information content (AvgIpc) is 2.71. The smallest absolute Gasteiger partial charge is 0.211 e. The first-order valence-electron chi connectivity index (χ1n) is 7.07. The molecule has 0 aliphatic carbocycles. The molecule has 0 heterocycles. The van der Waals surface area contributed by atoms with E-state index in [0.717, 1.165) is 0 Å². The number of aliphatic hydroxyl groups excluding tert-OH is 8. The maximum Gasteiger partial charge on any atom is 0.211 e. The molecule has 0 fully saturated rings. The van der Waals surface area contributed by atoms with Gasteiger partial charge in [0.05, 0.1) is 31.8 Å². The van der Waals surface area contributed by atoms with Crippen molar-refractivity contribution in [2.45, 2.75) is 0 Å². The van der Waals surface area contributed by atoms with Crippen molar-refractivity contribution in [1.82, 2.24) is 0 Å². The van der Waals surface area contributed by atoms with E-state index in [4.69, 9.17) is 40.9 Å². The molecule has 0 aromatic heterocycles. The van der Waals surface area contributed by atoms with Gasteiger partial charge < -0.3 is 40.9 Å². The number of carbonyl (C=O) groups excluding carboxylic acids is 4. The molecule has 12 nitrogen and oxygen atoms in total. The Labute approximate surface area is 189 Å². The number of carbonyl (C=O) groups is 4. The second-order valence-corrected chi connectivity index (χ2v) is 6.34. The zero-order valence-corrected chi connectivity index (χ0v) is 18.7. The van der Waals surface area contributed by atoms with Crippen LogP contribution in [0.15, 0.2) is 0 Å². The lowest BCUT2D eigenvalue weighted by Crippen LogP contribution is -2.37. The summed E-state index contributed by atoms with van der Waals surface area (Å²) in [6, 6.07) is 0. The largest absolute Gasteiger partial charge is 0.396 e. The summed E-state index contributed by atoms with van der Waals surface area (Å²) in [6.45, 7) is -3.50. The third kappa shape index (κ3) is 47.2. The molecular formula is C13H28O12S4. The van der Waals surface area contributed by atoms with Gasteiger partial charge in [-0.25, -0.2) is 0 Å². The summed E-state index contributed by atoms with van der Waals surface area (Å²) >= 11 is 12.8. The van der Waals surface area contributed by atoms with Gasteiger partial charge in [0.1, 0.15) is 26.4 Å². The standard InChI is InChI=1S/C5H12O4.4C2H4O2S/c6-1-5(2-7,3-8)4-9;4*3-1-2(4)5/h6-9H,1-4H2;4*3H,1H2,(H,4,5). The maximum atomic E-state index is 9.43. The molecule has 8 N–H and O–H groups in total. The second-order valence-electron chi connectivity index (χ2n) is 4.34. The zero-order valence-electron chi connectivity index (χ0n) is 15.2. The predicted molar refractivity (Wildman–Crippen MR) is 115 cm³/mol.